The maximum absolute atomic E-state index is 10.1. The summed E-state index contributed by atoms with van der Waals surface area (Å²) in [5.74, 6) is 1.42. The second-order valence-electron chi connectivity index (χ2n) is 8.78. The molecular formula is C24H36O. The molecule has 3 aliphatic rings. The maximum Gasteiger partial charge on any atom is 0.0787 e. The predicted molar refractivity (Wildman–Crippen MR) is 107 cm³/mol. The molecule has 3 rings (SSSR count). The summed E-state index contributed by atoms with van der Waals surface area (Å²) >= 11 is 0. The molecule has 0 aliphatic heterocycles. The smallest absolute Gasteiger partial charge is 0.0787 e. The van der Waals surface area contributed by atoms with Gasteiger partial charge in [-0.25, -0.2) is 0 Å². The first-order valence-corrected chi connectivity index (χ1v) is 10.4. The van der Waals surface area contributed by atoms with Crippen molar-refractivity contribution in [1.82, 2.24) is 0 Å². The molecule has 1 heteroatoms. The summed E-state index contributed by atoms with van der Waals surface area (Å²) < 4.78 is 0. The van der Waals surface area contributed by atoms with Crippen LogP contribution >= 0.6 is 0 Å². The summed E-state index contributed by atoms with van der Waals surface area (Å²) in [5.41, 5.74) is 5.95. The lowest BCUT2D eigenvalue weighted by Crippen LogP contribution is -2.32. The number of fused-ring (bicyclic) bond motifs is 1. The first kappa shape index (κ1) is 18.7. The lowest BCUT2D eigenvalue weighted by Gasteiger charge is -2.42. The molecule has 0 heterocycles. The Morgan fingerprint density at radius 1 is 1.32 bits per heavy atom. The lowest BCUT2D eigenvalue weighted by molar-refractivity contribution is 0.191. The van der Waals surface area contributed by atoms with Gasteiger partial charge in [0.1, 0.15) is 0 Å². The van der Waals surface area contributed by atoms with Gasteiger partial charge in [-0.05, 0) is 79.8 Å². The van der Waals surface area contributed by atoms with Crippen molar-refractivity contribution in [2.24, 2.45) is 17.3 Å². The highest BCUT2D eigenvalue weighted by atomic mass is 16.3. The minimum Gasteiger partial charge on any atom is -0.388 e. The first-order valence-electron chi connectivity index (χ1n) is 10.4. The van der Waals surface area contributed by atoms with Gasteiger partial charge in [0, 0.05) is 0 Å². The number of aliphatic hydroxyl groups excluding tert-OH is 1. The molecule has 2 fully saturated rings. The zero-order valence-corrected chi connectivity index (χ0v) is 16.5. The molecule has 2 saturated carbocycles. The van der Waals surface area contributed by atoms with Gasteiger partial charge in [-0.1, -0.05) is 63.1 Å². The van der Waals surface area contributed by atoms with E-state index in [4.69, 9.17) is 0 Å². The van der Waals surface area contributed by atoms with Crippen LogP contribution in [0.5, 0.6) is 0 Å². The molecule has 0 radical (unpaired) electrons. The molecule has 0 aromatic rings. The normalized spacial score (nSPS) is 37.3. The SMILES string of the molecule is C=C1/C(=C\C=C2/CCCC3(C)C([C@H](C)CCC)=CCC23)CCCC1O. The van der Waals surface area contributed by atoms with E-state index >= 15 is 0 Å². The van der Waals surface area contributed by atoms with Crippen LogP contribution < -0.4 is 0 Å². The fourth-order valence-corrected chi connectivity index (χ4v) is 5.64. The molecule has 25 heavy (non-hydrogen) atoms. The number of hydrogen-bond donors (Lipinski definition) is 1. The third-order valence-electron chi connectivity index (χ3n) is 7.10. The van der Waals surface area contributed by atoms with Gasteiger partial charge in [0.15, 0.2) is 0 Å². The molecule has 1 N–H and O–H groups in total. The maximum atomic E-state index is 10.1. The van der Waals surface area contributed by atoms with Gasteiger partial charge in [0.25, 0.3) is 0 Å². The van der Waals surface area contributed by atoms with Crippen LogP contribution in [0.3, 0.4) is 0 Å². The van der Waals surface area contributed by atoms with Crippen molar-refractivity contribution >= 4 is 0 Å². The van der Waals surface area contributed by atoms with Gasteiger partial charge >= 0.3 is 0 Å². The second kappa shape index (κ2) is 7.66. The van der Waals surface area contributed by atoms with Crippen molar-refractivity contribution < 1.29 is 5.11 Å². The third-order valence-corrected chi connectivity index (χ3v) is 7.10. The zero-order valence-electron chi connectivity index (χ0n) is 16.5. The number of aliphatic hydroxyl groups is 1. The Balaban J connectivity index is 1.80. The Morgan fingerprint density at radius 3 is 2.88 bits per heavy atom. The molecule has 4 atom stereocenters. The van der Waals surface area contributed by atoms with Crippen LogP contribution in [0, 0.1) is 17.3 Å². The summed E-state index contributed by atoms with van der Waals surface area (Å²) in [6.07, 6.45) is 17.6. The first-order chi connectivity index (χ1) is 12.0. The molecule has 0 amide bonds. The monoisotopic (exact) mass is 340 g/mol. The second-order valence-corrected chi connectivity index (χ2v) is 8.78. The molecule has 0 aromatic heterocycles. The van der Waals surface area contributed by atoms with E-state index in [1.165, 1.54) is 44.1 Å². The molecular weight excluding hydrogens is 304 g/mol. The standard InChI is InChI=1S/C24H36O/c1-5-8-17(2)21-14-15-22-20(10-7-16-24(21,22)4)13-12-19-9-6-11-23(25)18(19)3/h12-14,17,22-23,25H,3,5-11,15-16H2,1-2,4H3/b19-12-,20-13+/t17-,22?,23?,24?/m1/s1. The van der Waals surface area contributed by atoms with Crippen molar-refractivity contribution in [2.75, 3.05) is 0 Å². The van der Waals surface area contributed by atoms with Gasteiger partial charge in [-0.2, -0.15) is 0 Å². The largest absolute Gasteiger partial charge is 0.388 e. The van der Waals surface area contributed by atoms with Crippen molar-refractivity contribution in [1.29, 1.82) is 0 Å². The minimum absolute atomic E-state index is 0.329. The van der Waals surface area contributed by atoms with E-state index in [0.717, 1.165) is 30.8 Å². The number of hydrogen-bond acceptors (Lipinski definition) is 1. The molecule has 0 aromatic carbocycles. The van der Waals surface area contributed by atoms with Gasteiger partial charge in [-0.15, -0.1) is 0 Å². The van der Waals surface area contributed by atoms with E-state index in [2.05, 4.69) is 45.6 Å². The predicted octanol–water partition coefficient (Wildman–Crippen LogP) is 6.51. The molecule has 138 valence electrons. The van der Waals surface area contributed by atoms with E-state index in [9.17, 15) is 5.11 Å². The minimum atomic E-state index is -0.329. The highest BCUT2D eigenvalue weighted by Crippen LogP contribution is 2.57. The fourth-order valence-electron chi connectivity index (χ4n) is 5.64. The van der Waals surface area contributed by atoms with Crippen molar-refractivity contribution in [2.45, 2.75) is 84.7 Å². The Hall–Kier alpha value is -1.08. The lowest BCUT2D eigenvalue weighted by atomic mass is 9.62. The molecule has 3 aliphatic carbocycles. The Morgan fingerprint density at radius 2 is 2.12 bits per heavy atom. The van der Waals surface area contributed by atoms with E-state index in [1.807, 2.05) is 0 Å². The number of allylic oxidation sites excluding steroid dienone is 5. The quantitative estimate of drug-likeness (QED) is 0.578. The molecule has 1 nitrogen and oxygen atoms in total. The van der Waals surface area contributed by atoms with Crippen LogP contribution in [0.25, 0.3) is 0 Å². The summed E-state index contributed by atoms with van der Waals surface area (Å²) in [7, 11) is 0. The van der Waals surface area contributed by atoms with Gasteiger partial charge in [0.05, 0.1) is 6.10 Å². The average Bonchev–Trinajstić information content (AvgIpc) is 2.94. The highest BCUT2D eigenvalue weighted by molar-refractivity contribution is 5.39. The Bertz CT molecular complexity index is 606. The number of rotatable bonds is 4. The Labute approximate surface area is 154 Å². The van der Waals surface area contributed by atoms with Crippen LogP contribution in [0.15, 0.2) is 47.1 Å². The molecule has 3 unspecified atom stereocenters. The van der Waals surface area contributed by atoms with Gasteiger partial charge in [0.2, 0.25) is 0 Å². The topological polar surface area (TPSA) is 20.2 Å². The van der Waals surface area contributed by atoms with E-state index < -0.39 is 0 Å². The molecule has 0 bridgehead atoms. The summed E-state index contributed by atoms with van der Waals surface area (Å²) in [5, 5.41) is 10.1. The van der Waals surface area contributed by atoms with Gasteiger partial charge in [-0.3, -0.25) is 0 Å². The summed E-state index contributed by atoms with van der Waals surface area (Å²) in [6, 6.07) is 0. The van der Waals surface area contributed by atoms with Crippen LogP contribution in [0.4, 0.5) is 0 Å². The zero-order chi connectivity index (χ0) is 18.0. The highest BCUT2D eigenvalue weighted by Gasteiger charge is 2.45. The van der Waals surface area contributed by atoms with Crippen LogP contribution in [-0.2, 0) is 0 Å². The van der Waals surface area contributed by atoms with Crippen LogP contribution in [0.2, 0.25) is 0 Å². The van der Waals surface area contributed by atoms with Crippen molar-refractivity contribution in [3.05, 3.63) is 47.1 Å². The van der Waals surface area contributed by atoms with Gasteiger partial charge < -0.3 is 5.11 Å². The van der Waals surface area contributed by atoms with E-state index in [-0.39, 0.29) is 6.10 Å². The third kappa shape index (κ3) is 3.58. The molecule has 0 spiro atoms. The summed E-state index contributed by atoms with van der Waals surface area (Å²) in [6.45, 7) is 11.4. The molecule has 0 saturated heterocycles. The van der Waals surface area contributed by atoms with Crippen molar-refractivity contribution in [3.8, 4) is 0 Å². The van der Waals surface area contributed by atoms with Crippen molar-refractivity contribution in [3.63, 3.8) is 0 Å². The summed E-state index contributed by atoms with van der Waals surface area (Å²) in [4.78, 5) is 0. The van der Waals surface area contributed by atoms with E-state index in [0.29, 0.717) is 11.3 Å². The van der Waals surface area contributed by atoms with Crippen LogP contribution in [0.1, 0.15) is 78.6 Å². The average molecular weight is 341 g/mol. The van der Waals surface area contributed by atoms with Crippen LogP contribution in [-0.4, -0.2) is 11.2 Å². The Kier molecular flexibility index (Phi) is 5.73. The van der Waals surface area contributed by atoms with E-state index in [1.54, 1.807) is 11.1 Å². The fraction of sp³-hybridized carbons (Fsp3) is 0.667.